The second-order valence-electron chi connectivity index (χ2n) is 3.58. The molecule has 0 saturated heterocycles. The van der Waals surface area contributed by atoms with Gasteiger partial charge in [0.15, 0.2) is 0 Å². The van der Waals surface area contributed by atoms with Gasteiger partial charge in [0.1, 0.15) is 6.04 Å². The summed E-state index contributed by atoms with van der Waals surface area (Å²) < 4.78 is 24.0. The van der Waals surface area contributed by atoms with E-state index in [2.05, 4.69) is 4.72 Å². The third kappa shape index (κ3) is 5.90. The van der Waals surface area contributed by atoms with Gasteiger partial charge in [-0.15, -0.1) is 0 Å². The molecular weight excluding hydrogens is 206 g/mol. The highest BCUT2D eigenvalue weighted by Gasteiger charge is 2.21. The highest BCUT2D eigenvalue weighted by molar-refractivity contribution is 7.88. The van der Waals surface area contributed by atoms with Crippen LogP contribution in [0.25, 0.3) is 0 Å². The number of rotatable bonds is 5. The van der Waals surface area contributed by atoms with Crippen LogP contribution < -0.4 is 16.0 Å². The first-order valence-electron chi connectivity index (χ1n) is 4.24. The SMILES string of the molecule is CC(C)CC(NS(C)(=O)=O)C(=O)NN. The molecule has 0 heterocycles. The van der Waals surface area contributed by atoms with Gasteiger partial charge in [0, 0.05) is 0 Å². The fourth-order valence-corrected chi connectivity index (χ4v) is 1.76. The molecule has 0 aromatic rings. The van der Waals surface area contributed by atoms with Gasteiger partial charge in [-0.1, -0.05) is 13.8 Å². The average molecular weight is 223 g/mol. The first-order chi connectivity index (χ1) is 6.26. The molecule has 1 unspecified atom stereocenters. The van der Waals surface area contributed by atoms with Gasteiger partial charge in [0.25, 0.3) is 5.91 Å². The Morgan fingerprint density at radius 1 is 1.43 bits per heavy atom. The summed E-state index contributed by atoms with van der Waals surface area (Å²) >= 11 is 0. The second-order valence-corrected chi connectivity index (χ2v) is 5.36. The van der Waals surface area contributed by atoms with Gasteiger partial charge in [0.05, 0.1) is 6.26 Å². The first-order valence-corrected chi connectivity index (χ1v) is 6.13. The molecule has 0 bridgehead atoms. The Bertz CT molecular complexity index is 287. The van der Waals surface area contributed by atoms with E-state index in [4.69, 9.17) is 5.84 Å². The van der Waals surface area contributed by atoms with Gasteiger partial charge >= 0.3 is 0 Å². The van der Waals surface area contributed by atoms with Crippen molar-refractivity contribution in [1.29, 1.82) is 0 Å². The van der Waals surface area contributed by atoms with Crippen LogP contribution in [0.2, 0.25) is 0 Å². The van der Waals surface area contributed by atoms with Crippen molar-refractivity contribution in [2.24, 2.45) is 11.8 Å². The number of carbonyl (C=O) groups excluding carboxylic acids is 1. The van der Waals surface area contributed by atoms with Gasteiger partial charge in [-0.3, -0.25) is 10.2 Å². The smallest absolute Gasteiger partial charge is 0.252 e. The summed E-state index contributed by atoms with van der Waals surface area (Å²) in [6.07, 6.45) is 1.42. The molecule has 6 nitrogen and oxygen atoms in total. The van der Waals surface area contributed by atoms with Crippen molar-refractivity contribution in [1.82, 2.24) is 10.1 Å². The van der Waals surface area contributed by atoms with Gasteiger partial charge in [0.2, 0.25) is 10.0 Å². The number of hydrazine groups is 1. The van der Waals surface area contributed by atoms with Gasteiger partial charge < -0.3 is 0 Å². The fourth-order valence-electron chi connectivity index (χ4n) is 1.04. The van der Waals surface area contributed by atoms with Crippen LogP contribution in [-0.2, 0) is 14.8 Å². The first kappa shape index (κ1) is 13.3. The third-order valence-electron chi connectivity index (χ3n) is 1.52. The summed E-state index contributed by atoms with van der Waals surface area (Å²) in [5.41, 5.74) is 1.93. The molecule has 0 aliphatic rings. The van der Waals surface area contributed by atoms with Crippen LogP contribution in [0.15, 0.2) is 0 Å². The number of hydrogen-bond donors (Lipinski definition) is 3. The Morgan fingerprint density at radius 2 is 1.93 bits per heavy atom. The van der Waals surface area contributed by atoms with Gasteiger partial charge in [-0.05, 0) is 12.3 Å². The number of nitrogens with two attached hydrogens (primary N) is 1. The Hall–Kier alpha value is -0.660. The summed E-state index contributed by atoms with van der Waals surface area (Å²) in [4.78, 5) is 11.2. The Kier molecular flexibility index (Phi) is 5.03. The molecule has 14 heavy (non-hydrogen) atoms. The van der Waals surface area contributed by atoms with Gasteiger partial charge in [-0.25, -0.2) is 19.0 Å². The van der Waals surface area contributed by atoms with E-state index in [1.54, 1.807) is 0 Å². The van der Waals surface area contributed by atoms with E-state index in [1.165, 1.54) is 0 Å². The number of sulfonamides is 1. The minimum atomic E-state index is -3.39. The lowest BCUT2D eigenvalue weighted by Crippen LogP contribution is -2.49. The minimum Gasteiger partial charge on any atom is -0.293 e. The Balaban J connectivity index is 4.48. The molecule has 4 N–H and O–H groups in total. The molecule has 0 saturated carbocycles. The summed E-state index contributed by atoms with van der Waals surface area (Å²) in [5.74, 6) is 4.61. The maximum atomic E-state index is 11.2. The van der Waals surface area contributed by atoms with E-state index in [9.17, 15) is 13.2 Å². The lowest BCUT2D eigenvalue weighted by atomic mass is 10.0. The van der Waals surface area contributed by atoms with E-state index in [0.717, 1.165) is 6.26 Å². The zero-order valence-corrected chi connectivity index (χ0v) is 9.39. The topological polar surface area (TPSA) is 101 Å². The van der Waals surface area contributed by atoms with Crippen molar-refractivity contribution in [3.8, 4) is 0 Å². The molecule has 1 amide bonds. The van der Waals surface area contributed by atoms with Crippen LogP contribution in [0.4, 0.5) is 0 Å². The maximum Gasteiger partial charge on any atom is 0.252 e. The number of amides is 1. The molecule has 0 aromatic carbocycles. The largest absolute Gasteiger partial charge is 0.293 e. The van der Waals surface area contributed by atoms with E-state index in [1.807, 2.05) is 19.3 Å². The number of carbonyl (C=O) groups is 1. The molecule has 0 fully saturated rings. The summed E-state index contributed by atoms with van der Waals surface area (Å²) in [6, 6.07) is -0.796. The van der Waals surface area contributed by atoms with Gasteiger partial charge in [-0.2, -0.15) is 0 Å². The molecule has 0 rings (SSSR count). The van der Waals surface area contributed by atoms with Crippen molar-refractivity contribution in [3.05, 3.63) is 0 Å². The summed E-state index contributed by atoms with van der Waals surface area (Å²) in [6.45, 7) is 3.78. The summed E-state index contributed by atoms with van der Waals surface area (Å²) in [5, 5.41) is 0. The fraction of sp³-hybridized carbons (Fsp3) is 0.857. The minimum absolute atomic E-state index is 0.201. The zero-order chi connectivity index (χ0) is 11.4. The quantitative estimate of drug-likeness (QED) is 0.314. The maximum absolute atomic E-state index is 11.2. The average Bonchev–Trinajstić information content (AvgIpc) is 1.98. The van der Waals surface area contributed by atoms with Crippen LogP contribution in [0.5, 0.6) is 0 Å². The van der Waals surface area contributed by atoms with E-state index in [-0.39, 0.29) is 5.92 Å². The van der Waals surface area contributed by atoms with Crippen molar-refractivity contribution in [3.63, 3.8) is 0 Å². The molecule has 0 aliphatic carbocycles. The molecule has 84 valence electrons. The van der Waals surface area contributed by atoms with E-state index in [0.29, 0.717) is 6.42 Å². The van der Waals surface area contributed by atoms with Crippen LogP contribution in [0.1, 0.15) is 20.3 Å². The normalized spacial score (nSPS) is 14.1. The predicted octanol–water partition coefficient (Wildman–Crippen LogP) is -1.06. The molecule has 0 aliphatic heterocycles. The van der Waals surface area contributed by atoms with Crippen molar-refractivity contribution < 1.29 is 13.2 Å². The molecular formula is C7H17N3O3S. The Labute approximate surface area is 84.3 Å². The molecule has 0 radical (unpaired) electrons. The van der Waals surface area contributed by atoms with Crippen LogP contribution in [0, 0.1) is 5.92 Å². The van der Waals surface area contributed by atoms with Crippen molar-refractivity contribution in [2.45, 2.75) is 26.3 Å². The lowest BCUT2D eigenvalue weighted by molar-refractivity contribution is -0.123. The highest BCUT2D eigenvalue weighted by Crippen LogP contribution is 2.05. The van der Waals surface area contributed by atoms with Crippen LogP contribution in [-0.4, -0.2) is 26.6 Å². The van der Waals surface area contributed by atoms with Crippen molar-refractivity contribution in [2.75, 3.05) is 6.26 Å². The Morgan fingerprint density at radius 3 is 2.21 bits per heavy atom. The van der Waals surface area contributed by atoms with Crippen LogP contribution in [0.3, 0.4) is 0 Å². The molecule has 1 atom stereocenters. The molecule has 7 heteroatoms. The van der Waals surface area contributed by atoms with E-state index < -0.39 is 22.0 Å². The predicted molar refractivity (Wildman–Crippen MR) is 53.6 cm³/mol. The lowest BCUT2D eigenvalue weighted by Gasteiger charge is -2.17. The van der Waals surface area contributed by atoms with E-state index >= 15 is 0 Å². The zero-order valence-electron chi connectivity index (χ0n) is 8.57. The second kappa shape index (κ2) is 5.28. The number of hydrogen-bond acceptors (Lipinski definition) is 4. The highest BCUT2D eigenvalue weighted by atomic mass is 32.2. The standard InChI is InChI=1S/C7H17N3O3S/c1-5(2)4-6(7(11)9-8)10-14(3,12)13/h5-6,10H,4,8H2,1-3H3,(H,9,11). The third-order valence-corrected chi connectivity index (χ3v) is 2.23. The summed E-state index contributed by atoms with van der Waals surface area (Å²) in [7, 11) is -3.39. The molecule has 0 spiro atoms. The van der Waals surface area contributed by atoms with Crippen LogP contribution >= 0.6 is 0 Å². The van der Waals surface area contributed by atoms with Crippen molar-refractivity contribution >= 4 is 15.9 Å². The number of nitrogens with one attached hydrogen (secondary N) is 2. The monoisotopic (exact) mass is 223 g/mol. The molecule has 0 aromatic heterocycles.